The molecule has 0 radical (unpaired) electrons. The quantitative estimate of drug-likeness (QED) is 0.646. The normalized spacial score (nSPS) is 15.1. The van der Waals surface area contributed by atoms with Crippen molar-refractivity contribution in [1.82, 2.24) is 5.43 Å². The van der Waals surface area contributed by atoms with E-state index in [1.54, 1.807) is 12.1 Å². The van der Waals surface area contributed by atoms with Gasteiger partial charge in [-0.2, -0.15) is 13.9 Å². The molecule has 0 heterocycles. The van der Waals surface area contributed by atoms with E-state index in [1.165, 1.54) is 18.3 Å². The van der Waals surface area contributed by atoms with Gasteiger partial charge in [0.1, 0.15) is 5.75 Å². The van der Waals surface area contributed by atoms with Crippen LogP contribution in [0.15, 0.2) is 29.4 Å². The molecule has 1 aliphatic carbocycles. The van der Waals surface area contributed by atoms with Gasteiger partial charge in [0, 0.05) is 5.92 Å². The standard InChI is InChI=1S/C12H12F2N2O2/c13-12(14)18-10-5-1-8(2-6-10)7-15-16-11(17)9-3-4-9/h1-2,5-7,9,12H,3-4H2,(H,16,17)/b15-7+. The minimum absolute atomic E-state index is 0.0797. The van der Waals surface area contributed by atoms with Crippen LogP contribution in [0.3, 0.4) is 0 Å². The third-order valence-electron chi connectivity index (χ3n) is 2.44. The van der Waals surface area contributed by atoms with E-state index in [4.69, 9.17) is 0 Å². The fraction of sp³-hybridized carbons (Fsp3) is 0.333. The van der Waals surface area contributed by atoms with E-state index in [9.17, 15) is 13.6 Å². The maximum absolute atomic E-state index is 11.9. The number of amides is 1. The molecule has 1 aliphatic rings. The molecular formula is C12H12F2N2O2. The number of carbonyl (C=O) groups excluding carboxylic acids is 1. The lowest BCUT2D eigenvalue weighted by atomic mass is 10.2. The third kappa shape index (κ3) is 3.80. The average molecular weight is 254 g/mol. The molecule has 4 nitrogen and oxygen atoms in total. The number of rotatable bonds is 5. The number of carbonyl (C=O) groups is 1. The Labute approximate surface area is 103 Å². The SMILES string of the molecule is O=C(N/N=C/c1ccc(OC(F)F)cc1)C1CC1. The Morgan fingerprint density at radius 2 is 2.06 bits per heavy atom. The number of nitrogens with one attached hydrogen (secondary N) is 1. The van der Waals surface area contributed by atoms with Crippen LogP contribution in [-0.2, 0) is 4.79 Å². The molecule has 0 bridgehead atoms. The van der Waals surface area contributed by atoms with Crippen LogP contribution in [0.2, 0.25) is 0 Å². The second kappa shape index (κ2) is 5.57. The van der Waals surface area contributed by atoms with Crippen LogP contribution >= 0.6 is 0 Å². The van der Waals surface area contributed by atoms with Crippen LogP contribution in [0.1, 0.15) is 18.4 Å². The fourth-order valence-electron chi connectivity index (χ4n) is 1.34. The molecule has 0 atom stereocenters. The van der Waals surface area contributed by atoms with Crippen molar-refractivity contribution in [2.45, 2.75) is 19.5 Å². The van der Waals surface area contributed by atoms with Gasteiger partial charge in [0.05, 0.1) is 6.21 Å². The minimum Gasteiger partial charge on any atom is -0.435 e. The lowest BCUT2D eigenvalue weighted by molar-refractivity contribution is -0.122. The second-order valence-corrected chi connectivity index (χ2v) is 3.96. The summed E-state index contributed by atoms with van der Waals surface area (Å²) in [4.78, 5) is 11.2. The van der Waals surface area contributed by atoms with Gasteiger partial charge in [0.2, 0.25) is 5.91 Å². The van der Waals surface area contributed by atoms with Crippen molar-refractivity contribution in [3.63, 3.8) is 0 Å². The van der Waals surface area contributed by atoms with Gasteiger partial charge in [0.15, 0.2) is 0 Å². The first-order valence-electron chi connectivity index (χ1n) is 5.53. The first-order valence-corrected chi connectivity index (χ1v) is 5.53. The first-order chi connectivity index (χ1) is 8.65. The van der Waals surface area contributed by atoms with Crippen molar-refractivity contribution in [2.24, 2.45) is 11.0 Å². The van der Waals surface area contributed by atoms with Crippen LogP contribution in [0, 0.1) is 5.92 Å². The molecule has 1 aromatic rings. The number of benzene rings is 1. The van der Waals surface area contributed by atoms with Crippen LogP contribution in [0.25, 0.3) is 0 Å². The molecular weight excluding hydrogens is 242 g/mol. The number of hydrogen-bond acceptors (Lipinski definition) is 3. The Hall–Kier alpha value is -1.98. The van der Waals surface area contributed by atoms with E-state index in [1.807, 2.05) is 0 Å². The van der Waals surface area contributed by atoms with Gasteiger partial charge >= 0.3 is 6.61 Å². The molecule has 1 saturated carbocycles. The Kier molecular flexibility index (Phi) is 3.86. The number of halogens is 2. The van der Waals surface area contributed by atoms with Gasteiger partial charge in [-0.05, 0) is 42.7 Å². The molecule has 0 unspecified atom stereocenters. The number of nitrogens with zero attached hydrogens (tertiary/aromatic N) is 1. The van der Waals surface area contributed by atoms with Crippen LogP contribution < -0.4 is 10.2 Å². The highest BCUT2D eigenvalue weighted by atomic mass is 19.3. The van der Waals surface area contributed by atoms with E-state index < -0.39 is 6.61 Å². The van der Waals surface area contributed by atoms with Gasteiger partial charge in [-0.25, -0.2) is 5.43 Å². The summed E-state index contributed by atoms with van der Waals surface area (Å²) in [6, 6.07) is 5.97. The van der Waals surface area contributed by atoms with E-state index in [0.29, 0.717) is 5.56 Å². The zero-order chi connectivity index (χ0) is 13.0. The van der Waals surface area contributed by atoms with Crippen LogP contribution in [0.4, 0.5) is 8.78 Å². The van der Waals surface area contributed by atoms with E-state index in [-0.39, 0.29) is 17.6 Å². The molecule has 6 heteroatoms. The third-order valence-corrected chi connectivity index (χ3v) is 2.44. The summed E-state index contributed by atoms with van der Waals surface area (Å²) in [5.74, 6) is 0.108. The Morgan fingerprint density at radius 1 is 1.39 bits per heavy atom. The van der Waals surface area contributed by atoms with Gasteiger partial charge in [-0.3, -0.25) is 4.79 Å². The summed E-state index contributed by atoms with van der Waals surface area (Å²) in [5.41, 5.74) is 3.11. The van der Waals surface area contributed by atoms with Crippen molar-refractivity contribution >= 4 is 12.1 Å². The molecule has 1 N–H and O–H groups in total. The number of hydrogen-bond donors (Lipinski definition) is 1. The second-order valence-electron chi connectivity index (χ2n) is 3.96. The molecule has 0 aromatic heterocycles. The smallest absolute Gasteiger partial charge is 0.387 e. The van der Waals surface area contributed by atoms with Crippen LogP contribution in [0.5, 0.6) is 5.75 Å². The highest BCUT2D eigenvalue weighted by molar-refractivity contribution is 5.84. The van der Waals surface area contributed by atoms with Crippen molar-refractivity contribution in [2.75, 3.05) is 0 Å². The van der Waals surface area contributed by atoms with E-state index >= 15 is 0 Å². The first kappa shape index (κ1) is 12.5. The number of hydrazone groups is 1. The summed E-state index contributed by atoms with van der Waals surface area (Å²) in [6.07, 6.45) is 3.29. The summed E-state index contributed by atoms with van der Waals surface area (Å²) in [5, 5.41) is 3.78. The Bertz CT molecular complexity index is 442. The average Bonchev–Trinajstić information content (AvgIpc) is 3.14. The minimum atomic E-state index is -2.83. The van der Waals surface area contributed by atoms with Crippen molar-refractivity contribution in [3.8, 4) is 5.75 Å². The monoisotopic (exact) mass is 254 g/mol. The zero-order valence-electron chi connectivity index (χ0n) is 9.48. The Morgan fingerprint density at radius 3 is 2.61 bits per heavy atom. The maximum atomic E-state index is 11.9. The summed E-state index contributed by atoms with van der Waals surface area (Å²) in [7, 11) is 0. The predicted octanol–water partition coefficient (Wildman–Crippen LogP) is 2.15. The van der Waals surface area contributed by atoms with E-state index in [2.05, 4.69) is 15.3 Å². The highest BCUT2D eigenvalue weighted by Gasteiger charge is 2.29. The largest absolute Gasteiger partial charge is 0.435 e. The van der Waals surface area contributed by atoms with Crippen molar-refractivity contribution in [1.29, 1.82) is 0 Å². The molecule has 0 saturated heterocycles. The van der Waals surface area contributed by atoms with Gasteiger partial charge in [-0.15, -0.1) is 0 Å². The summed E-state index contributed by atoms with van der Waals surface area (Å²) < 4.78 is 28.0. The fourth-order valence-corrected chi connectivity index (χ4v) is 1.34. The molecule has 0 spiro atoms. The Balaban J connectivity index is 1.85. The highest BCUT2D eigenvalue weighted by Crippen LogP contribution is 2.28. The molecule has 18 heavy (non-hydrogen) atoms. The van der Waals surface area contributed by atoms with E-state index in [0.717, 1.165) is 12.8 Å². The molecule has 1 aromatic carbocycles. The molecule has 96 valence electrons. The number of alkyl halides is 2. The maximum Gasteiger partial charge on any atom is 0.387 e. The lowest BCUT2D eigenvalue weighted by Gasteiger charge is -2.03. The predicted molar refractivity (Wildman–Crippen MR) is 61.5 cm³/mol. The zero-order valence-corrected chi connectivity index (χ0v) is 9.48. The molecule has 2 rings (SSSR count). The summed E-state index contributed by atoms with van der Waals surface area (Å²) in [6.45, 7) is -2.83. The van der Waals surface area contributed by atoms with Gasteiger partial charge in [0.25, 0.3) is 0 Å². The molecule has 1 fully saturated rings. The van der Waals surface area contributed by atoms with Gasteiger partial charge in [-0.1, -0.05) is 0 Å². The lowest BCUT2D eigenvalue weighted by Crippen LogP contribution is -2.18. The van der Waals surface area contributed by atoms with Crippen molar-refractivity contribution in [3.05, 3.63) is 29.8 Å². The van der Waals surface area contributed by atoms with Crippen molar-refractivity contribution < 1.29 is 18.3 Å². The molecule has 1 amide bonds. The van der Waals surface area contributed by atoms with Crippen LogP contribution in [-0.4, -0.2) is 18.7 Å². The summed E-state index contributed by atoms with van der Waals surface area (Å²) >= 11 is 0. The number of ether oxygens (including phenoxy) is 1. The molecule has 0 aliphatic heterocycles. The van der Waals surface area contributed by atoms with Gasteiger partial charge < -0.3 is 4.74 Å². The topological polar surface area (TPSA) is 50.7 Å².